The molecule has 0 radical (unpaired) electrons. The highest BCUT2D eigenvalue weighted by molar-refractivity contribution is 7.98. The van der Waals surface area contributed by atoms with Crippen molar-refractivity contribution in [1.29, 1.82) is 0 Å². The fourth-order valence-electron chi connectivity index (χ4n) is 1.93. The van der Waals surface area contributed by atoms with Gasteiger partial charge in [-0.15, -0.1) is 36.6 Å². The quantitative estimate of drug-likeness (QED) is 0.527. The van der Waals surface area contributed by atoms with Crippen LogP contribution in [0.4, 0.5) is 5.69 Å². The van der Waals surface area contributed by atoms with Crippen LogP contribution in [0.25, 0.3) is 0 Å². The third-order valence-electron chi connectivity index (χ3n) is 3.10. The van der Waals surface area contributed by atoms with Gasteiger partial charge in [-0.05, 0) is 55.9 Å². The monoisotopic (exact) mass is 387 g/mol. The molecule has 24 heavy (non-hydrogen) atoms. The zero-order valence-corrected chi connectivity index (χ0v) is 16.0. The number of benzene rings is 1. The zero-order valence-electron chi connectivity index (χ0n) is 13.5. The molecular weight excluding hydrogens is 365 g/mol. The van der Waals surface area contributed by atoms with Gasteiger partial charge < -0.3 is 10.6 Å². The lowest BCUT2D eigenvalue weighted by Gasteiger charge is -2.06. The number of pyridine rings is 1. The van der Waals surface area contributed by atoms with Gasteiger partial charge >= 0.3 is 0 Å². The fraction of sp³-hybridized carbons (Fsp3) is 0.294. The second-order valence-electron chi connectivity index (χ2n) is 4.93. The summed E-state index contributed by atoms with van der Waals surface area (Å²) < 4.78 is 0. The van der Waals surface area contributed by atoms with Gasteiger partial charge in [0.1, 0.15) is 0 Å². The molecular formula is C17H23Cl2N3OS. The Hall–Kier alpha value is -1.27. The summed E-state index contributed by atoms with van der Waals surface area (Å²) in [6.07, 6.45) is 5.05. The van der Waals surface area contributed by atoms with Crippen LogP contribution in [0.15, 0.2) is 53.7 Å². The number of hydrogen-bond acceptors (Lipinski definition) is 4. The predicted octanol–water partition coefficient (Wildman–Crippen LogP) is 4.16. The van der Waals surface area contributed by atoms with Crippen LogP contribution in [0.3, 0.4) is 0 Å². The average molecular weight is 388 g/mol. The topological polar surface area (TPSA) is 54.0 Å². The molecule has 1 heterocycles. The van der Waals surface area contributed by atoms with Crippen molar-refractivity contribution in [3.05, 3.63) is 54.4 Å². The Morgan fingerprint density at radius 2 is 1.92 bits per heavy atom. The third kappa shape index (κ3) is 8.55. The van der Waals surface area contributed by atoms with E-state index in [9.17, 15) is 4.79 Å². The lowest BCUT2D eigenvalue weighted by atomic mass is 10.2. The van der Waals surface area contributed by atoms with E-state index in [4.69, 9.17) is 0 Å². The summed E-state index contributed by atoms with van der Waals surface area (Å²) >= 11 is 1.76. The van der Waals surface area contributed by atoms with Crippen molar-refractivity contribution in [2.24, 2.45) is 0 Å². The van der Waals surface area contributed by atoms with Crippen LogP contribution in [0.1, 0.15) is 18.4 Å². The van der Waals surface area contributed by atoms with Crippen LogP contribution in [-0.4, -0.2) is 24.5 Å². The Kier molecular flexibility index (Phi) is 12.4. The molecule has 0 aliphatic rings. The fourth-order valence-corrected chi connectivity index (χ4v) is 2.77. The lowest BCUT2D eigenvalue weighted by Crippen LogP contribution is -2.15. The number of amides is 1. The average Bonchev–Trinajstić information content (AvgIpc) is 2.55. The molecule has 1 amide bonds. The highest BCUT2D eigenvalue weighted by Crippen LogP contribution is 2.23. The summed E-state index contributed by atoms with van der Waals surface area (Å²) in [6.45, 7) is 0.858. The molecule has 2 N–H and O–H groups in total. The number of aromatic nitrogens is 1. The normalized spacial score (nSPS) is 9.54. The van der Waals surface area contributed by atoms with Gasteiger partial charge in [-0.3, -0.25) is 9.78 Å². The number of anilines is 1. The van der Waals surface area contributed by atoms with Crippen molar-refractivity contribution in [2.75, 3.05) is 18.9 Å². The molecule has 0 unspecified atom stereocenters. The molecule has 0 spiro atoms. The lowest BCUT2D eigenvalue weighted by molar-refractivity contribution is -0.116. The maximum atomic E-state index is 11.7. The first kappa shape index (κ1) is 22.7. The van der Waals surface area contributed by atoms with Gasteiger partial charge in [-0.1, -0.05) is 6.07 Å². The largest absolute Gasteiger partial charge is 0.326 e. The first-order valence-corrected chi connectivity index (χ1v) is 8.32. The van der Waals surface area contributed by atoms with Crippen molar-refractivity contribution in [1.82, 2.24) is 10.3 Å². The standard InChI is InChI=1S/C17H21N3OS.2ClH/c1-18-10-3-5-17(21)20-15-6-8-16(9-7-15)22-13-14-4-2-11-19-12-14;;/h2,4,6-9,11-12,18H,3,5,10,13H2,1H3,(H,20,21);2*1H. The van der Waals surface area contributed by atoms with Crippen LogP contribution >= 0.6 is 36.6 Å². The maximum absolute atomic E-state index is 11.7. The first-order valence-electron chi connectivity index (χ1n) is 7.34. The number of thioether (sulfide) groups is 1. The molecule has 1 aromatic heterocycles. The minimum absolute atomic E-state index is 0. The van der Waals surface area contributed by atoms with E-state index in [-0.39, 0.29) is 30.7 Å². The summed E-state index contributed by atoms with van der Waals surface area (Å²) in [6, 6.07) is 12.0. The number of rotatable bonds is 8. The van der Waals surface area contributed by atoms with Crippen LogP contribution in [0, 0.1) is 0 Å². The van der Waals surface area contributed by atoms with Gasteiger partial charge in [0.05, 0.1) is 0 Å². The summed E-state index contributed by atoms with van der Waals surface area (Å²) in [5.74, 6) is 0.954. The highest BCUT2D eigenvalue weighted by atomic mass is 35.5. The van der Waals surface area contributed by atoms with Gasteiger partial charge in [-0.25, -0.2) is 0 Å². The molecule has 1 aromatic carbocycles. The smallest absolute Gasteiger partial charge is 0.224 e. The summed E-state index contributed by atoms with van der Waals surface area (Å²) in [4.78, 5) is 17.0. The van der Waals surface area contributed by atoms with E-state index in [0.29, 0.717) is 6.42 Å². The van der Waals surface area contributed by atoms with E-state index in [1.54, 1.807) is 18.0 Å². The molecule has 4 nitrogen and oxygen atoms in total. The molecule has 7 heteroatoms. The van der Waals surface area contributed by atoms with Crippen LogP contribution in [0.2, 0.25) is 0 Å². The summed E-state index contributed by atoms with van der Waals surface area (Å²) in [5.41, 5.74) is 2.05. The number of nitrogens with zero attached hydrogens (tertiary/aromatic N) is 1. The molecule has 0 saturated heterocycles. The molecule has 2 aromatic rings. The number of halogens is 2. The molecule has 0 aliphatic heterocycles. The third-order valence-corrected chi connectivity index (χ3v) is 4.18. The van der Waals surface area contributed by atoms with Crippen molar-refractivity contribution in [3.63, 3.8) is 0 Å². The molecule has 0 atom stereocenters. The maximum Gasteiger partial charge on any atom is 0.224 e. The van der Waals surface area contributed by atoms with Crippen molar-refractivity contribution in [2.45, 2.75) is 23.5 Å². The molecule has 132 valence electrons. The Labute approximate surface area is 160 Å². The van der Waals surface area contributed by atoms with E-state index in [2.05, 4.69) is 21.7 Å². The first-order chi connectivity index (χ1) is 10.8. The van der Waals surface area contributed by atoms with Crippen molar-refractivity contribution < 1.29 is 4.79 Å². The zero-order chi connectivity index (χ0) is 15.6. The van der Waals surface area contributed by atoms with E-state index in [1.165, 1.54) is 10.5 Å². The summed E-state index contributed by atoms with van der Waals surface area (Å²) in [7, 11) is 1.89. The minimum Gasteiger partial charge on any atom is -0.326 e. The molecule has 0 fully saturated rings. The van der Waals surface area contributed by atoms with Gasteiger partial charge in [0, 0.05) is 35.2 Å². The van der Waals surface area contributed by atoms with E-state index >= 15 is 0 Å². The Morgan fingerprint density at radius 3 is 2.54 bits per heavy atom. The Bertz CT molecular complexity index is 582. The molecule has 2 rings (SSSR count). The second kappa shape index (κ2) is 13.1. The van der Waals surface area contributed by atoms with Crippen molar-refractivity contribution >= 4 is 48.2 Å². The van der Waals surface area contributed by atoms with E-state index in [0.717, 1.165) is 24.4 Å². The number of carbonyl (C=O) groups is 1. The van der Waals surface area contributed by atoms with E-state index in [1.807, 2.05) is 43.6 Å². The number of hydrogen-bond donors (Lipinski definition) is 2. The molecule has 0 bridgehead atoms. The SMILES string of the molecule is CNCCCC(=O)Nc1ccc(SCc2cccnc2)cc1.Cl.Cl. The van der Waals surface area contributed by atoms with Gasteiger partial charge in [0.25, 0.3) is 0 Å². The molecule has 0 saturated carbocycles. The molecule has 0 aliphatic carbocycles. The van der Waals surface area contributed by atoms with Gasteiger partial charge in [-0.2, -0.15) is 0 Å². The van der Waals surface area contributed by atoms with Crippen LogP contribution in [-0.2, 0) is 10.5 Å². The number of nitrogens with one attached hydrogen (secondary N) is 2. The minimum atomic E-state index is 0. The van der Waals surface area contributed by atoms with E-state index < -0.39 is 0 Å². The predicted molar refractivity (Wildman–Crippen MR) is 107 cm³/mol. The Morgan fingerprint density at radius 1 is 1.17 bits per heavy atom. The highest BCUT2D eigenvalue weighted by Gasteiger charge is 2.02. The van der Waals surface area contributed by atoms with Gasteiger partial charge in [0.2, 0.25) is 5.91 Å². The van der Waals surface area contributed by atoms with Crippen LogP contribution in [0.5, 0.6) is 0 Å². The number of carbonyl (C=O) groups excluding carboxylic acids is 1. The van der Waals surface area contributed by atoms with Gasteiger partial charge in [0.15, 0.2) is 0 Å². The summed E-state index contributed by atoms with van der Waals surface area (Å²) in [5, 5.41) is 5.95. The van der Waals surface area contributed by atoms with Crippen molar-refractivity contribution in [3.8, 4) is 0 Å². The van der Waals surface area contributed by atoms with Crippen LogP contribution < -0.4 is 10.6 Å². The second-order valence-corrected chi connectivity index (χ2v) is 5.98. The Balaban J connectivity index is 0.00000264.